The predicted molar refractivity (Wildman–Crippen MR) is 57.2 cm³/mol. The zero-order valence-corrected chi connectivity index (χ0v) is 8.87. The summed E-state index contributed by atoms with van der Waals surface area (Å²) in [5, 5.41) is 3.73. The molecule has 14 heavy (non-hydrogen) atoms. The minimum absolute atomic E-state index is 0.432. The number of nitrogens with one attached hydrogen (secondary N) is 1. The second-order valence-corrected chi connectivity index (χ2v) is 4.68. The van der Waals surface area contributed by atoms with Crippen LogP contribution in [-0.2, 0) is 4.74 Å². The zero-order valence-electron chi connectivity index (χ0n) is 8.87. The summed E-state index contributed by atoms with van der Waals surface area (Å²) < 4.78 is 5.35. The summed E-state index contributed by atoms with van der Waals surface area (Å²) in [5.74, 6) is 0. The Morgan fingerprint density at radius 3 is 2.50 bits per heavy atom. The summed E-state index contributed by atoms with van der Waals surface area (Å²) in [6.07, 6.45) is 7.33. The molecule has 1 saturated carbocycles. The average Bonchev–Trinajstić information content (AvgIpc) is 2.19. The lowest BCUT2D eigenvalue weighted by Gasteiger charge is -2.32. The van der Waals surface area contributed by atoms with Crippen LogP contribution in [0.5, 0.6) is 0 Å². The highest BCUT2D eigenvalue weighted by Crippen LogP contribution is 2.19. The number of hydrogen-bond donors (Lipinski definition) is 2. The van der Waals surface area contributed by atoms with E-state index in [9.17, 15) is 0 Å². The van der Waals surface area contributed by atoms with Gasteiger partial charge in [-0.3, -0.25) is 0 Å². The van der Waals surface area contributed by atoms with Crippen molar-refractivity contribution in [3.05, 3.63) is 0 Å². The molecule has 0 spiro atoms. The minimum Gasteiger partial charge on any atom is -0.381 e. The first-order valence-corrected chi connectivity index (χ1v) is 5.94. The number of nitrogens with two attached hydrogens (primary N) is 1. The van der Waals surface area contributed by atoms with Crippen LogP contribution in [0.25, 0.3) is 0 Å². The van der Waals surface area contributed by atoms with Gasteiger partial charge in [-0.1, -0.05) is 6.42 Å². The highest BCUT2D eigenvalue weighted by atomic mass is 16.5. The number of ether oxygens (including phenoxy) is 1. The van der Waals surface area contributed by atoms with E-state index in [4.69, 9.17) is 10.5 Å². The lowest BCUT2D eigenvalue weighted by Crippen LogP contribution is -2.46. The van der Waals surface area contributed by atoms with E-state index < -0.39 is 0 Å². The molecule has 1 aliphatic heterocycles. The smallest absolute Gasteiger partial charge is 0.0480 e. The molecule has 2 atom stereocenters. The Hall–Kier alpha value is -0.120. The van der Waals surface area contributed by atoms with Gasteiger partial charge >= 0.3 is 0 Å². The van der Waals surface area contributed by atoms with Gasteiger partial charge in [0.25, 0.3) is 0 Å². The molecular formula is C11H22N2O. The normalized spacial score (nSPS) is 35.8. The molecule has 2 unspecified atom stereocenters. The van der Waals surface area contributed by atoms with Gasteiger partial charge in [0.2, 0.25) is 0 Å². The molecule has 0 aromatic carbocycles. The van der Waals surface area contributed by atoms with Crippen LogP contribution < -0.4 is 11.1 Å². The van der Waals surface area contributed by atoms with Crippen molar-refractivity contribution in [2.24, 2.45) is 5.73 Å². The van der Waals surface area contributed by atoms with Crippen molar-refractivity contribution in [2.45, 2.75) is 56.7 Å². The fraction of sp³-hybridized carbons (Fsp3) is 1.00. The van der Waals surface area contributed by atoms with Crippen LogP contribution >= 0.6 is 0 Å². The average molecular weight is 198 g/mol. The van der Waals surface area contributed by atoms with Gasteiger partial charge < -0.3 is 15.8 Å². The van der Waals surface area contributed by atoms with Gasteiger partial charge in [-0.25, -0.2) is 0 Å². The molecule has 0 aromatic rings. The fourth-order valence-corrected chi connectivity index (χ4v) is 2.58. The molecule has 0 amide bonds. The third kappa shape index (κ3) is 2.94. The molecular weight excluding hydrogens is 176 g/mol. The van der Waals surface area contributed by atoms with Crippen molar-refractivity contribution in [3.8, 4) is 0 Å². The van der Waals surface area contributed by atoms with Crippen LogP contribution in [0.1, 0.15) is 38.5 Å². The topological polar surface area (TPSA) is 47.3 Å². The van der Waals surface area contributed by atoms with Gasteiger partial charge in [-0.2, -0.15) is 0 Å². The van der Waals surface area contributed by atoms with E-state index in [1.807, 2.05) is 0 Å². The van der Waals surface area contributed by atoms with E-state index in [2.05, 4.69) is 5.32 Å². The summed E-state index contributed by atoms with van der Waals surface area (Å²) in [6, 6.07) is 1.78. The molecule has 3 nitrogen and oxygen atoms in total. The lowest BCUT2D eigenvalue weighted by molar-refractivity contribution is 0.0728. The predicted octanol–water partition coefficient (Wildman–Crippen LogP) is 1.02. The van der Waals surface area contributed by atoms with E-state index in [1.165, 1.54) is 32.1 Å². The van der Waals surface area contributed by atoms with Crippen molar-refractivity contribution in [2.75, 3.05) is 13.2 Å². The molecule has 0 radical (unpaired) electrons. The molecule has 2 fully saturated rings. The Kier molecular flexibility index (Phi) is 3.79. The quantitative estimate of drug-likeness (QED) is 0.696. The second kappa shape index (κ2) is 5.10. The third-order valence-corrected chi connectivity index (χ3v) is 3.41. The number of rotatable bonds is 2. The van der Waals surface area contributed by atoms with E-state index >= 15 is 0 Å². The van der Waals surface area contributed by atoms with Crippen molar-refractivity contribution in [1.29, 1.82) is 0 Å². The van der Waals surface area contributed by atoms with Crippen LogP contribution in [-0.4, -0.2) is 31.3 Å². The Balaban J connectivity index is 1.72. The maximum absolute atomic E-state index is 5.97. The van der Waals surface area contributed by atoms with Gasteiger partial charge in [-0.15, -0.1) is 0 Å². The Bertz CT molecular complexity index is 169. The van der Waals surface area contributed by atoms with E-state index in [-0.39, 0.29) is 0 Å². The lowest BCUT2D eigenvalue weighted by atomic mass is 9.90. The van der Waals surface area contributed by atoms with Crippen molar-refractivity contribution in [1.82, 2.24) is 5.32 Å². The molecule has 82 valence electrons. The Labute approximate surface area is 86.4 Å². The fourth-order valence-electron chi connectivity index (χ4n) is 2.58. The van der Waals surface area contributed by atoms with Crippen LogP contribution in [0.2, 0.25) is 0 Å². The maximum Gasteiger partial charge on any atom is 0.0480 e. The van der Waals surface area contributed by atoms with Gasteiger partial charge in [0.15, 0.2) is 0 Å². The second-order valence-electron chi connectivity index (χ2n) is 4.68. The van der Waals surface area contributed by atoms with Gasteiger partial charge in [-0.05, 0) is 32.1 Å². The molecule has 1 aliphatic carbocycles. The largest absolute Gasteiger partial charge is 0.381 e. The van der Waals surface area contributed by atoms with E-state index in [0.717, 1.165) is 19.6 Å². The molecule has 2 rings (SSSR count). The molecule has 0 bridgehead atoms. The Morgan fingerprint density at radius 1 is 1.00 bits per heavy atom. The first kappa shape index (κ1) is 10.4. The molecule has 0 aromatic heterocycles. The SMILES string of the molecule is NC1CCCC(NC2CCOCC2)C1. The summed E-state index contributed by atoms with van der Waals surface area (Å²) >= 11 is 0. The van der Waals surface area contributed by atoms with E-state index in [1.54, 1.807) is 0 Å². The summed E-state index contributed by atoms with van der Waals surface area (Å²) in [4.78, 5) is 0. The van der Waals surface area contributed by atoms with Gasteiger partial charge in [0.1, 0.15) is 0 Å². The molecule has 2 aliphatic rings. The van der Waals surface area contributed by atoms with Crippen molar-refractivity contribution < 1.29 is 4.74 Å². The van der Waals surface area contributed by atoms with E-state index in [0.29, 0.717) is 18.1 Å². The van der Waals surface area contributed by atoms with Gasteiger partial charge in [0, 0.05) is 31.3 Å². The zero-order chi connectivity index (χ0) is 9.80. The van der Waals surface area contributed by atoms with Crippen LogP contribution in [0.4, 0.5) is 0 Å². The van der Waals surface area contributed by atoms with Crippen LogP contribution in [0.3, 0.4) is 0 Å². The van der Waals surface area contributed by atoms with Crippen molar-refractivity contribution >= 4 is 0 Å². The maximum atomic E-state index is 5.97. The monoisotopic (exact) mass is 198 g/mol. The van der Waals surface area contributed by atoms with Crippen LogP contribution in [0, 0.1) is 0 Å². The highest BCUT2D eigenvalue weighted by molar-refractivity contribution is 4.83. The number of hydrogen-bond acceptors (Lipinski definition) is 3. The summed E-state index contributed by atoms with van der Waals surface area (Å²) in [6.45, 7) is 1.85. The Morgan fingerprint density at radius 2 is 1.79 bits per heavy atom. The van der Waals surface area contributed by atoms with Gasteiger partial charge in [0.05, 0.1) is 0 Å². The molecule has 3 heteroatoms. The molecule has 1 saturated heterocycles. The van der Waals surface area contributed by atoms with Crippen molar-refractivity contribution in [3.63, 3.8) is 0 Å². The standard InChI is InChI=1S/C11H22N2O/c12-9-2-1-3-11(8-9)13-10-4-6-14-7-5-10/h9-11,13H,1-8,12H2. The van der Waals surface area contributed by atoms with Crippen LogP contribution in [0.15, 0.2) is 0 Å². The minimum atomic E-state index is 0.432. The summed E-state index contributed by atoms with van der Waals surface area (Å²) in [7, 11) is 0. The molecule has 3 N–H and O–H groups in total. The summed E-state index contributed by atoms with van der Waals surface area (Å²) in [5.41, 5.74) is 5.97. The molecule has 1 heterocycles. The first-order chi connectivity index (χ1) is 6.84. The highest BCUT2D eigenvalue weighted by Gasteiger charge is 2.22. The third-order valence-electron chi connectivity index (χ3n) is 3.41. The first-order valence-electron chi connectivity index (χ1n) is 5.94.